The summed E-state index contributed by atoms with van der Waals surface area (Å²) in [6.45, 7) is 0. The zero-order chi connectivity index (χ0) is 22.2. The van der Waals surface area contributed by atoms with Crippen LogP contribution in [0.15, 0.2) is 91.5 Å². The van der Waals surface area contributed by atoms with Gasteiger partial charge in [-0.3, -0.25) is 4.79 Å². The van der Waals surface area contributed by atoms with Gasteiger partial charge in [-0.25, -0.2) is 9.78 Å². The molecule has 3 N–H and O–H groups in total. The highest BCUT2D eigenvalue weighted by Gasteiger charge is 2.15. The standard InChI is InChI=1S/C25H18N4O3/c26-24(30)17-5-9-21(10-6-17)29-22(13-18-1-2-19(25(31)32)14-23(18)29)16-3-7-20(8-4-16)28-12-11-27-15-28/h1-15H,(H2,26,30)(H,31,32). The number of aromatic carboxylic acids is 1. The molecule has 32 heavy (non-hydrogen) atoms. The van der Waals surface area contributed by atoms with E-state index in [0.29, 0.717) is 5.56 Å². The summed E-state index contributed by atoms with van der Waals surface area (Å²) in [5, 5.41) is 10.4. The van der Waals surface area contributed by atoms with Crippen molar-refractivity contribution in [3.8, 4) is 22.6 Å². The van der Waals surface area contributed by atoms with Crippen LogP contribution in [0.1, 0.15) is 20.7 Å². The molecule has 0 saturated heterocycles. The van der Waals surface area contributed by atoms with Gasteiger partial charge in [-0.05, 0) is 60.2 Å². The normalized spacial score (nSPS) is 11.0. The number of hydrogen-bond donors (Lipinski definition) is 2. The third kappa shape index (κ3) is 3.31. The van der Waals surface area contributed by atoms with E-state index < -0.39 is 11.9 Å². The number of aromatic nitrogens is 3. The maximum Gasteiger partial charge on any atom is 0.335 e. The minimum Gasteiger partial charge on any atom is -0.478 e. The van der Waals surface area contributed by atoms with Crippen molar-refractivity contribution < 1.29 is 14.7 Å². The number of hydrogen-bond acceptors (Lipinski definition) is 3. The summed E-state index contributed by atoms with van der Waals surface area (Å²) in [7, 11) is 0. The van der Waals surface area contributed by atoms with Gasteiger partial charge in [0.2, 0.25) is 5.91 Å². The van der Waals surface area contributed by atoms with E-state index in [-0.39, 0.29) is 5.56 Å². The first-order valence-corrected chi connectivity index (χ1v) is 9.89. The van der Waals surface area contributed by atoms with Gasteiger partial charge >= 0.3 is 5.97 Å². The van der Waals surface area contributed by atoms with Crippen LogP contribution < -0.4 is 5.73 Å². The molecule has 0 aliphatic heterocycles. The van der Waals surface area contributed by atoms with Crippen LogP contribution in [0.2, 0.25) is 0 Å². The lowest BCUT2D eigenvalue weighted by Gasteiger charge is -2.13. The summed E-state index contributed by atoms with van der Waals surface area (Å²) >= 11 is 0. The number of carboxylic acid groups (broad SMARTS) is 1. The van der Waals surface area contributed by atoms with Gasteiger partial charge < -0.3 is 20.0 Å². The summed E-state index contributed by atoms with van der Waals surface area (Å²) in [6.07, 6.45) is 5.33. The van der Waals surface area contributed by atoms with Gasteiger partial charge in [0.15, 0.2) is 0 Å². The van der Waals surface area contributed by atoms with Crippen molar-refractivity contribution in [3.63, 3.8) is 0 Å². The molecule has 0 aliphatic carbocycles. The van der Waals surface area contributed by atoms with Gasteiger partial charge in [0.25, 0.3) is 0 Å². The molecule has 156 valence electrons. The Balaban J connectivity index is 1.70. The molecular formula is C25H18N4O3. The number of carboxylic acids is 1. The molecule has 2 aromatic heterocycles. The molecule has 0 bridgehead atoms. The third-order valence-corrected chi connectivity index (χ3v) is 5.43. The number of benzene rings is 3. The van der Waals surface area contributed by atoms with E-state index in [1.807, 2.05) is 45.7 Å². The van der Waals surface area contributed by atoms with Gasteiger partial charge in [-0.15, -0.1) is 0 Å². The lowest BCUT2D eigenvalue weighted by Crippen LogP contribution is -2.10. The maximum atomic E-state index is 11.6. The molecule has 0 saturated carbocycles. The molecule has 5 rings (SSSR count). The number of nitrogens with zero attached hydrogens (tertiary/aromatic N) is 3. The largest absolute Gasteiger partial charge is 0.478 e. The Morgan fingerprint density at radius 1 is 0.844 bits per heavy atom. The van der Waals surface area contributed by atoms with Crippen molar-refractivity contribution in [1.82, 2.24) is 14.1 Å². The molecule has 3 aromatic carbocycles. The van der Waals surface area contributed by atoms with Crippen molar-refractivity contribution >= 4 is 22.8 Å². The van der Waals surface area contributed by atoms with Crippen LogP contribution in [0, 0.1) is 0 Å². The summed E-state index contributed by atoms with van der Waals surface area (Å²) < 4.78 is 3.90. The number of primary amides is 1. The predicted molar refractivity (Wildman–Crippen MR) is 121 cm³/mol. The van der Waals surface area contributed by atoms with Crippen LogP contribution in [0.5, 0.6) is 0 Å². The van der Waals surface area contributed by atoms with Crippen molar-refractivity contribution in [1.29, 1.82) is 0 Å². The average molecular weight is 422 g/mol. The molecule has 7 nitrogen and oxygen atoms in total. The van der Waals surface area contributed by atoms with Gasteiger partial charge in [0.1, 0.15) is 0 Å². The maximum absolute atomic E-state index is 11.6. The van der Waals surface area contributed by atoms with Gasteiger partial charge in [0, 0.05) is 34.7 Å². The first kappa shape index (κ1) is 19.3. The predicted octanol–water partition coefficient (Wildman–Crippen LogP) is 4.28. The van der Waals surface area contributed by atoms with Crippen molar-refractivity contribution in [2.24, 2.45) is 5.73 Å². The molecule has 5 aromatic rings. The highest BCUT2D eigenvalue weighted by atomic mass is 16.4. The van der Waals surface area contributed by atoms with Crippen molar-refractivity contribution in [2.45, 2.75) is 0 Å². The number of rotatable bonds is 5. The molecule has 0 radical (unpaired) electrons. The van der Waals surface area contributed by atoms with Crippen molar-refractivity contribution in [2.75, 3.05) is 0 Å². The second-order valence-electron chi connectivity index (χ2n) is 7.37. The first-order chi connectivity index (χ1) is 15.5. The van der Waals surface area contributed by atoms with E-state index in [2.05, 4.69) is 4.98 Å². The number of imidazole rings is 1. The van der Waals surface area contributed by atoms with E-state index in [9.17, 15) is 14.7 Å². The summed E-state index contributed by atoms with van der Waals surface area (Å²) in [4.78, 5) is 27.1. The van der Waals surface area contributed by atoms with Gasteiger partial charge in [-0.1, -0.05) is 18.2 Å². The molecule has 2 heterocycles. The Bertz CT molecular complexity index is 1450. The zero-order valence-electron chi connectivity index (χ0n) is 16.8. The van der Waals surface area contributed by atoms with E-state index in [4.69, 9.17) is 5.73 Å². The average Bonchev–Trinajstić information content (AvgIpc) is 3.47. The van der Waals surface area contributed by atoms with Crippen LogP contribution in [0.4, 0.5) is 0 Å². The monoisotopic (exact) mass is 422 g/mol. The third-order valence-electron chi connectivity index (χ3n) is 5.43. The fourth-order valence-corrected chi connectivity index (χ4v) is 3.82. The van der Waals surface area contributed by atoms with E-state index in [1.54, 1.807) is 55.0 Å². The highest BCUT2D eigenvalue weighted by molar-refractivity contribution is 5.97. The van der Waals surface area contributed by atoms with E-state index >= 15 is 0 Å². The molecular weight excluding hydrogens is 404 g/mol. The molecule has 0 atom stereocenters. The summed E-state index contributed by atoms with van der Waals surface area (Å²) in [5.74, 6) is -1.49. The molecule has 0 fully saturated rings. The SMILES string of the molecule is NC(=O)c1ccc(-n2c(-c3ccc(-n4ccnc4)cc3)cc3ccc(C(=O)O)cc32)cc1. The van der Waals surface area contributed by atoms with Crippen molar-refractivity contribution in [3.05, 3.63) is 103 Å². The Morgan fingerprint density at radius 2 is 1.53 bits per heavy atom. The molecule has 0 unspecified atom stereocenters. The first-order valence-electron chi connectivity index (χ1n) is 9.89. The van der Waals surface area contributed by atoms with Crippen LogP contribution in [-0.4, -0.2) is 31.1 Å². The lowest BCUT2D eigenvalue weighted by atomic mass is 10.1. The Kier molecular flexibility index (Phi) is 4.56. The second-order valence-corrected chi connectivity index (χ2v) is 7.37. The number of carbonyl (C=O) groups is 2. The highest BCUT2D eigenvalue weighted by Crippen LogP contribution is 2.33. The van der Waals surface area contributed by atoms with Crippen LogP contribution in [0.3, 0.4) is 0 Å². The Morgan fingerprint density at radius 3 is 2.16 bits per heavy atom. The van der Waals surface area contributed by atoms with Crippen LogP contribution in [-0.2, 0) is 0 Å². The van der Waals surface area contributed by atoms with E-state index in [1.165, 1.54) is 0 Å². The molecule has 1 amide bonds. The number of fused-ring (bicyclic) bond motifs is 1. The number of carbonyl (C=O) groups excluding carboxylic acids is 1. The summed E-state index contributed by atoms with van der Waals surface area (Å²) in [5.41, 5.74) is 10.4. The minimum absolute atomic E-state index is 0.201. The van der Waals surface area contributed by atoms with E-state index in [0.717, 1.165) is 33.5 Å². The minimum atomic E-state index is -0.991. The topological polar surface area (TPSA) is 103 Å². The zero-order valence-corrected chi connectivity index (χ0v) is 16.8. The van der Waals surface area contributed by atoms with Gasteiger partial charge in [0.05, 0.1) is 23.1 Å². The lowest BCUT2D eigenvalue weighted by molar-refractivity contribution is 0.0696. The van der Waals surface area contributed by atoms with Gasteiger partial charge in [-0.2, -0.15) is 0 Å². The summed E-state index contributed by atoms with van der Waals surface area (Å²) in [6, 6.07) is 22.0. The fraction of sp³-hybridized carbons (Fsp3) is 0. The fourth-order valence-electron chi connectivity index (χ4n) is 3.82. The molecule has 0 aliphatic rings. The Labute approximate surface area is 183 Å². The van der Waals surface area contributed by atoms with Crippen LogP contribution >= 0.6 is 0 Å². The quantitative estimate of drug-likeness (QED) is 0.441. The van der Waals surface area contributed by atoms with Crippen LogP contribution in [0.25, 0.3) is 33.5 Å². The molecule has 7 heteroatoms. The molecule has 0 spiro atoms. The number of nitrogens with two attached hydrogens (primary N) is 1. The Hall–Kier alpha value is -4.65. The second kappa shape index (κ2) is 7.55. The number of amides is 1. The smallest absolute Gasteiger partial charge is 0.335 e.